The number of sulfonamides is 1. The van der Waals surface area contributed by atoms with E-state index in [0.717, 1.165) is 34.2 Å². The molecule has 2 aliphatic rings. The molecule has 5 rings (SSSR count). The Hall–Kier alpha value is -3.38. The first kappa shape index (κ1) is 24.3. The maximum Gasteiger partial charge on any atom is 0.246 e. The third-order valence-electron chi connectivity index (χ3n) is 7.17. The van der Waals surface area contributed by atoms with Crippen LogP contribution in [0.4, 0.5) is 10.1 Å². The van der Waals surface area contributed by atoms with Gasteiger partial charge in [0.15, 0.2) is 0 Å². The number of ether oxygens (including phenoxy) is 1. The van der Waals surface area contributed by atoms with Crippen molar-refractivity contribution in [3.63, 3.8) is 0 Å². The van der Waals surface area contributed by atoms with Gasteiger partial charge in [0.2, 0.25) is 10.0 Å². The van der Waals surface area contributed by atoms with E-state index in [2.05, 4.69) is 11.8 Å². The molecule has 3 aromatic rings. The van der Waals surface area contributed by atoms with Crippen LogP contribution < -0.4 is 9.64 Å². The monoisotopic (exact) mass is 506 g/mol. The highest BCUT2D eigenvalue weighted by Crippen LogP contribution is 2.50. The topological polar surface area (TPSA) is 70.1 Å². The van der Waals surface area contributed by atoms with Crippen LogP contribution >= 0.6 is 0 Å². The Morgan fingerprint density at radius 3 is 2.44 bits per heavy atom. The van der Waals surface area contributed by atoms with Crippen molar-refractivity contribution in [1.29, 1.82) is 0 Å². The van der Waals surface area contributed by atoms with E-state index in [1.807, 2.05) is 54.4 Å². The number of aliphatic hydroxyl groups excluding tert-OH is 1. The number of rotatable bonds is 4. The molecule has 3 atom stereocenters. The van der Waals surface area contributed by atoms with Gasteiger partial charge in [-0.25, -0.2) is 12.8 Å². The molecule has 0 unspecified atom stereocenters. The van der Waals surface area contributed by atoms with Crippen LogP contribution in [0, 0.1) is 23.6 Å². The fraction of sp³-hybridized carbons (Fsp3) is 0.286. The first-order chi connectivity index (χ1) is 17.3. The lowest BCUT2D eigenvalue weighted by atomic mass is 9.82. The third kappa shape index (κ3) is 4.13. The summed E-state index contributed by atoms with van der Waals surface area (Å²) in [6, 6.07) is 17.8. The number of anilines is 1. The minimum absolute atomic E-state index is 0.107. The summed E-state index contributed by atoms with van der Waals surface area (Å²) >= 11 is 0. The lowest BCUT2D eigenvalue weighted by Crippen LogP contribution is -2.48. The standard InChI is InChI=1S/C28H27FN2O4S/c1-30-25-14-11-20(8-7-19-9-12-21(35-2)13-10-19)17-23(25)28-22(26(30)18-32)15-16-31(28)36(33,34)27-6-4-3-5-24(27)29/h3-6,9-14,17,22,26,28,32H,15-16,18H2,1-2H3/t22-,26+,28-/m0/s1. The summed E-state index contributed by atoms with van der Waals surface area (Å²) < 4.78 is 48.4. The van der Waals surface area contributed by atoms with E-state index in [1.54, 1.807) is 7.11 Å². The van der Waals surface area contributed by atoms with Crippen LogP contribution in [0.3, 0.4) is 0 Å². The molecular formula is C28H27FN2O4S. The normalized spacial score (nSPS) is 21.3. The van der Waals surface area contributed by atoms with Gasteiger partial charge in [0.05, 0.1) is 25.8 Å². The molecule has 0 aromatic heterocycles. The molecular weight excluding hydrogens is 479 g/mol. The van der Waals surface area contributed by atoms with E-state index >= 15 is 0 Å². The second kappa shape index (κ2) is 9.58. The smallest absolute Gasteiger partial charge is 0.246 e. The Labute approximate surface area is 211 Å². The number of hydrogen-bond donors (Lipinski definition) is 1. The second-order valence-electron chi connectivity index (χ2n) is 9.06. The summed E-state index contributed by atoms with van der Waals surface area (Å²) in [6.45, 7) is 0.140. The summed E-state index contributed by atoms with van der Waals surface area (Å²) in [5.74, 6) is 6.16. The number of methoxy groups -OCH3 is 1. The van der Waals surface area contributed by atoms with Gasteiger partial charge < -0.3 is 14.7 Å². The summed E-state index contributed by atoms with van der Waals surface area (Å²) in [6.07, 6.45) is 0.565. The highest BCUT2D eigenvalue weighted by atomic mass is 32.2. The molecule has 2 aliphatic heterocycles. The van der Waals surface area contributed by atoms with Crippen molar-refractivity contribution >= 4 is 15.7 Å². The van der Waals surface area contributed by atoms with Crippen LogP contribution in [0.1, 0.15) is 29.2 Å². The Morgan fingerprint density at radius 1 is 1.06 bits per heavy atom. The summed E-state index contributed by atoms with van der Waals surface area (Å²) in [7, 11) is -0.577. The molecule has 0 bridgehead atoms. The number of nitrogens with zero attached hydrogens (tertiary/aromatic N) is 2. The van der Waals surface area contributed by atoms with Gasteiger partial charge in [-0.3, -0.25) is 0 Å². The molecule has 2 heterocycles. The molecule has 1 saturated heterocycles. The van der Waals surface area contributed by atoms with Crippen LogP contribution in [-0.2, 0) is 10.0 Å². The van der Waals surface area contributed by atoms with Crippen LogP contribution in [0.2, 0.25) is 0 Å². The summed E-state index contributed by atoms with van der Waals surface area (Å²) in [5, 5.41) is 10.2. The Bertz CT molecular complexity index is 1450. The van der Waals surface area contributed by atoms with Crippen molar-refractivity contribution in [1.82, 2.24) is 4.31 Å². The first-order valence-corrected chi connectivity index (χ1v) is 13.2. The molecule has 0 amide bonds. The fourth-order valence-corrected chi connectivity index (χ4v) is 7.09. The van der Waals surface area contributed by atoms with Gasteiger partial charge in [0, 0.05) is 36.3 Å². The van der Waals surface area contributed by atoms with Crippen molar-refractivity contribution in [3.05, 3.63) is 89.2 Å². The van der Waals surface area contributed by atoms with Gasteiger partial charge in [-0.2, -0.15) is 4.31 Å². The molecule has 186 valence electrons. The SMILES string of the molecule is COc1ccc(C#Cc2ccc3c(c2)[C@@H]2[C@@H](CCN2S(=O)(=O)c2ccccc2F)[C@@H](CO)N3C)cc1. The Morgan fingerprint density at radius 2 is 1.75 bits per heavy atom. The lowest BCUT2D eigenvalue weighted by Gasteiger charge is -2.44. The Balaban J connectivity index is 1.57. The van der Waals surface area contributed by atoms with Crippen LogP contribution in [0.15, 0.2) is 71.6 Å². The van der Waals surface area contributed by atoms with E-state index in [-0.39, 0.29) is 30.0 Å². The zero-order valence-electron chi connectivity index (χ0n) is 20.1. The van der Waals surface area contributed by atoms with Crippen molar-refractivity contribution < 1.29 is 22.7 Å². The van der Waals surface area contributed by atoms with Crippen molar-refractivity contribution in [2.45, 2.75) is 23.4 Å². The van der Waals surface area contributed by atoms with Gasteiger partial charge in [-0.15, -0.1) is 0 Å². The van der Waals surface area contributed by atoms with E-state index in [1.165, 1.54) is 22.5 Å². The average molecular weight is 507 g/mol. The molecule has 0 spiro atoms. The van der Waals surface area contributed by atoms with Crippen molar-refractivity contribution in [2.75, 3.05) is 32.2 Å². The largest absolute Gasteiger partial charge is 0.497 e. The number of aliphatic hydroxyl groups is 1. The van der Waals surface area contributed by atoms with E-state index < -0.39 is 21.9 Å². The zero-order valence-corrected chi connectivity index (χ0v) is 20.9. The van der Waals surface area contributed by atoms with Gasteiger partial charge >= 0.3 is 0 Å². The van der Waals surface area contributed by atoms with Crippen LogP contribution in [0.25, 0.3) is 0 Å². The minimum atomic E-state index is -4.10. The van der Waals surface area contributed by atoms with Gasteiger partial charge in [0.25, 0.3) is 0 Å². The number of fused-ring (bicyclic) bond motifs is 3. The van der Waals surface area contributed by atoms with Crippen molar-refractivity contribution in [3.8, 4) is 17.6 Å². The molecule has 0 saturated carbocycles. The second-order valence-corrected chi connectivity index (χ2v) is 10.9. The molecule has 3 aromatic carbocycles. The number of benzene rings is 3. The maximum absolute atomic E-state index is 14.6. The summed E-state index contributed by atoms with van der Waals surface area (Å²) in [4.78, 5) is 1.68. The number of halogens is 1. The van der Waals surface area contributed by atoms with Crippen LogP contribution in [-0.4, -0.2) is 51.2 Å². The highest BCUT2D eigenvalue weighted by molar-refractivity contribution is 7.89. The van der Waals surface area contributed by atoms with Gasteiger partial charge in [0.1, 0.15) is 16.5 Å². The van der Waals surface area contributed by atoms with E-state index in [9.17, 15) is 17.9 Å². The first-order valence-electron chi connectivity index (χ1n) is 11.7. The highest BCUT2D eigenvalue weighted by Gasteiger charge is 2.50. The quantitative estimate of drug-likeness (QED) is 0.546. The third-order valence-corrected chi connectivity index (χ3v) is 9.08. The Kier molecular flexibility index (Phi) is 6.47. The molecule has 0 aliphatic carbocycles. The predicted molar refractivity (Wildman–Crippen MR) is 136 cm³/mol. The molecule has 1 N–H and O–H groups in total. The van der Waals surface area contributed by atoms with Gasteiger partial charge in [-0.05, 0) is 66.6 Å². The molecule has 6 nitrogen and oxygen atoms in total. The fourth-order valence-electron chi connectivity index (χ4n) is 5.36. The van der Waals surface area contributed by atoms with Crippen molar-refractivity contribution in [2.24, 2.45) is 5.92 Å². The van der Waals surface area contributed by atoms with E-state index in [0.29, 0.717) is 6.42 Å². The summed E-state index contributed by atoms with van der Waals surface area (Å²) in [5.41, 5.74) is 3.22. The maximum atomic E-state index is 14.6. The predicted octanol–water partition coefficient (Wildman–Crippen LogP) is 3.80. The molecule has 36 heavy (non-hydrogen) atoms. The molecule has 1 fully saturated rings. The van der Waals surface area contributed by atoms with E-state index in [4.69, 9.17) is 4.74 Å². The minimum Gasteiger partial charge on any atom is -0.497 e. The molecule has 0 radical (unpaired) electrons. The van der Waals surface area contributed by atoms with Gasteiger partial charge in [-0.1, -0.05) is 24.0 Å². The number of hydrogen-bond acceptors (Lipinski definition) is 5. The zero-order chi connectivity index (χ0) is 25.4. The molecule has 8 heteroatoms. The lowest BCUT2D eigenvalue weighted by molar-refractivity contribution is 0.193. The number of likely N-dealkylation sites (N-methyl/N-ethyl adjacent to an activating group) is 1. The van der Waals surface area contributed by atoms with Crippen LogP contribution in [0.5, 0.6) is 5.75 Å². The average Bonchev–Trinajstić information content (AvgIpc) is 3.34.